The minimum atomic E-state index is -0.833. The topological polar surface area (TPSA) is 53.5 Å². The molecule has 0 aromatic heterocycles. The van der Waals surface area contributed by atoms with Gasteiger partial charge in [-0.3, -0.25) is 9.20 Å². The van der Waals surface area contributed by atoms with E-state index in [1.54, 1.807) is 0 Å². The SMILES string of the molecule is CCNC(=NCCS(=O)C(C)(C)C)NC1CCCC(C)C1. The maximum Gasteiger partial charge on any atom is 0.191 e. The van der Waals surface area contributed by atoms with Crippen molar-refractivity contribution < 1.29 is 4.21 Å². The first kappa shape index (κ1) is 18.5. The Morgan fingerprint density at radius 1 is 1.33 bits per heavy atom. The Hall–Kier alpha value is -0.580. The molecule has 0 spiro atoms. The first-order chi connectivity index (χ1) is 9.82. The highest BCUT2D eigenvalue weighted by atomic mass is 32.2. The van der Waals surface area contributed by atoms with Crippen LogP contribution in [0.15, 0.2) is 4.99 Å². The molecule has 1 saturated carbocycles. The van der Waals surface area contributed by atoms with E-state index >= 15 is 0 Å². The van der Waals surface area contributed by atoms with Crippen LogP contribution >= 0.6 is 0 Å². The zero-order valence-corrected chi connectivity index (χ0v) is 15.2. The summed E-state index contributed by atoms with van der Waals surface area (Å²) >= 11 is 0. The number of hydrogen-bond acceptors (Lipinski definition) is 2. The molecular formula is C16H33N3OS. The second-order valence-corrected chi connectivity index (χ2v) is 9.36. The fraction of sp³-hybridized carbons (Fsp3) is 0.938. The molecule has 4 nitrogen and oxygen atoms in total. The first-order valence-electron chi connectivity index (χ1n) is 8.26. The fourth-order valence-electron chi connectivity index (χ4n) is 2.63. The summed E-state index contributed by atoms with van der Waals surface area (Å²) in [5, 5.41) is 6.84. The summed E-state index contributed by atoms with van der Waals surface area (Å²) in [4.78, 5) is 4.59. The lowest BCUT2D eigenvalue weighted by Crippen LogP contribution is -2.45. The summed E-state index contributed by atoms with van der Waals surface area (Å²) < 4.78 is 11.9. The molecule has 2 N–H and O–H groups in total. The molecule has 1 aliphatic carbocycles. The Labute approximate surface area is 133 Å². The van der Waals surface area contributed by atoms with Crippen LogP contribution in [0.4, 0.5) is 0 Å². The van der Waals surface area contributed by atoms with Crippen LogP contribution in [0.2, 0.25) is 0 Å². The lowest BCUT2D eigenvalue weighted by atomic mass is 9.87. The highest BCUT2D eigenvalue weighted by Crippen LogP contribution is 2.23. The molecule has 5 heteroatoms. The van der Waals surface area contributed by atoms with Gasteiger partial charge >= 0.3 is 0 Å². The van der Waals surface area contributed by atoms with Gasteiger partial charge in [0, 0.05) is 33.9 Å². The van der Waals surface area contributed by atoms with E-state index in [1.165, 1.54) is 25.7 Å². The van der Waals surface area contributed by atoms with E-state index in [0.29, 0.717) is 18.3 Å². The molecule has 1 aliphatic rings. The second kappa shape index (κ2) is 8.76. The number of rotatable bonds is 5. The Balaban J connectivity index is 2.48. The van der Waals surface area contributed by atoms with E-state index in [-0.39, 0.29) is 4.75 Å². The van der Waals surface area contributed by atoms with E-state index in [2.05, 4.69) is 29.5 Å². The third kappa shape index (κ3) is 7.30. The molecule has 3 atom stereocenters. The molecule has 3 unspecified atom stereocenters. The molecule has 0 aromatic rings. The quantitative estimate of drug-likeness (QED) is 0.606. The monoisotopic (exact) mass is 315 g/mol. The van der Waals surface area contributed by atoms with E-state index in [0.717, 1.165) is 18.4 Å². The van der Waals surface area contributed by atoms with Gasteiger partial charge in [-0.1, -0.05) is 19.8 Å². The Kier molecular flexibility index (Phi) is 7.71. The lowest BCUT2D eigenvalue weighted by molar-refractivity contribution is 0.324. The van der Waals surface area contributed by atoms with E-state index in [1.807, 2.05) is 20.8 Å². The zero-order chi connectivity index (χ0) is 15.9. The molecule has 0 amide bonds. The van der Waals surface area contributed by atoms with Gasteiger partial charge in [-0.05, 0) is 46.5 Å². The molecule has 1 fully saturated rings. The van der Waals surface area contributed by atoms with Crippen LogP contribution in [-0.4, -0.2) is 39.8 Å². The third-order valence-electron chi connectivity index (χ3n) is 3.85. The van der Waals surface area contributed by atoms with Crippen LogP contribution in [0.1, 0.15) is 60.3 Å². The van der Waals surface area contributed by atoms with E-state index in [4.69, 9.17) is 0 Å². The number of guanidine groups is 1. The van der Waals surface area contributed by atoms with Gasteiger partial charge in [-0.2, -0.15) is 0 Å². The molecule has 21 heavy (non-hydrogen) atoms. The average molecular weight is 316 g/mol. The van der Waals surface area contributed by atoms with Crippen molar-refractivity contribution >= 4 is 16.8 Å². The molecule has 0 aromatic carbocycles. The van der Waals surface area contributed by atoms with Gasteiger partial charge < -0.3 is 10.6 Å². The Morgan fingerprint density at radius 2 is 2.05 bits per heavy atom. The molecule has 1 rings (SSSR count). The van der Waals surface area contributed by atoms with Gasteiger partial charge in [0.25, 0.3) is 0 Å². The van der Waals surface area contributed by atoms with Crippen molar-refractivity contribution in [3.8, 4) is 0 Å². The molecule has 0 aliphatic heterocycles. The summed E-state index contributed by atoms with van der Waals surface area (Å²) in [6.45, 7) is 11.9. The number of nitrogens with one attached hydrogen (secondary N) is 2. The fourth-order valence-corrected chi connectivity index (χ4v) is 3.49. The molecule has 0 heterocycles. The minimum absolute atomic E-state index is 0.153. The highest BCUT2D eigenvalue weighted by molar-refractivity contribution is 7.86. The van der Waals surface area contributed by atoms with Crippen molar-refractivity contribution in [2.75, 3.05) is 18.8 Å². The molecule has 0 radical (unpaired) electrons. The van der Waals surface area contributed by atoms with Gasteiger partial charge in [-0.25, -0.2) is 0 Å². The largest absolute Gasteiger partial charge is 0.357 e. The normalized spacial score (nSPS) is 25.5. The summed E-state index contributed by atoms with van der Waals surface area (Å²) in [6.07, 6.45) is 5.09. The summed E-state index contributed by atoms with van der Waals surface area (Å²) in [5.74, 6) is 2.30. The molecule has 124 valence electrons. The van der Waals surface area contributed by atoms with Crippen molar-refractivity contribution in [2.24, 2.45) is 10.9 Å². The highest BCUT2D eigenvalue weighted by Gasteiger charge is 2.20. The van der Waals surface area contributed by atoms with E-state index < -0.39 is 10.8 Å². The van der Waals surface area contributed by atoms with Gasteiger partial charge in [-0.15, -0.1) is 0 Å². The second-order valence-electron chi connectivity index (χ2n) is 7.04. The molecule has 0 bridgehead atoms. The third-order valence-corrected chi connectivity index (χ3v) is 5.77. The minimum Gasteiger partial charge on any atom is -0.357 e. The van der Waals surface area contributed by atoms with Crippen LogP contribution in [0.5, 0.6) is 0 Å². The number of hydrogen-bond donors (Lipinski definition) is 2. The van der Waals surface area contributed by atoms with Crippen molar-refractivity contribution in [3.05, 3.63) is 0 Å². The van der Waals surface area contributed by atoms with Crippen molar-refractivity contribution in [1.82, 2.24) is 10.6 Å². The molecule has 0 saturated heterocycles. The van der Waals surface area contributed by atoms with Gasteiger partial charge in [0.2, 0.25) is 0 Å². The number of aliphatic imine (C=N–C) groups is 1. The molecular weight excluding hydrogens is 282 g/mol. The van der Waals surface area contributed by atoms with Crippen LogP contribution in [0.25, 0.3) is 0 Å². The van der Waals surface area contributed by atoms with Crippen LogP contribution in [0, 0.1) is 5.92 Å². The lowest BCUT2D eigenvalue weighted by Gasteiger charge is -2.28. The van der Waals surface area contributed by atoms with Gasteiger partial charge in [0.15, 0.2) is 5.96 Å². The Morgan fingerprint density at radius 3 is 2.62 bits per heavy atom. The van der Waals surface area contributed by atoms with Crippen LogP contribution in [0.3, 0.4) is 0 Å². The number of nitrogens with zero attached hydrogens (tertiary/aromatic N) is 1. The van der Waals surface area contributed by atoms with Gasteiger partial charge in [0.05, 0.1) is 6.54 Å². The maximum atomic E-state index is 12.0. The van der Waals surface area contributed by atoms with Crippen LogP contribution < -0.4 is 10.6 Å². The predicted molar refractivity (Wildman–Crippen MR) is 93.3 cm³/mol. The Bertz CT molecular complexity index is 363. The average Bonchev–Trinajstić information content (AvgIpc) is 2.37. The first-order valence-corrected chi connectivity index (χ1v) is 9.58. The predicted octanol–water partition coefficient (Wildman–Crippen LogP) is 2.67. The maximum absolute atomic E-state index is 12.0. The van der Waals surface area contributed by atoms with Crippen molar-refractivity contribution in [2.45, 2.75) is 71.1 Å². The van der Waals surface area contributed by atoms with Crippen LogP contribution in [-0.2, 0) is 10.8 Å². The van der Waals surface area contributed by atoms with Crippen molar-refractivity contribution in [1.29, 1.82) is 0 Å². The van der Waals surface area contributed by atoms with Gasteiger partial charge in [0.1, 0.15) is 0 Å². The zero-order valence-electron chi connectivity index (χ0n) is 14.4. The summed E-state index contributed by atoms with van der Waals surface area (Å²) in [5.41, 5.74) is 0. The van der Waals surface area contributed by atoms with E-state index in [9.17, 15) is 4.21 Å². The standard InChI is InChI=1S/C16H33N3OS/c1-6-17-15(18-10-11-21(20)16(3,4)5)19-14-9-7-8-13(2)12-14/h13-14H,6-12H2,1-5H3,(H2,17,18,19). The van der Waals surface area contributed by atoms with Crippen molar-refractivity contribution in [3.63, 3.8) is 0 Å². The smallest absolute Gasteiger partial charge is 0.191 e. The summed E-state index contributed by atoms with van der Waals surface area (Å²) in [7, 11) is -0.833. The summed E-state index contributed by atoms with van der Waals surface area (Å²) in [6, 6.07) is 0.527.